The van der Waals surface area contributed by atoms with E-state index in [-0.39, 0.29) is 24.4 Å². The number of benzene rings is 1. The largest absolute Gasteiger partial charge is 0.496 e. The summed E-state index contributed by atoms with van der Waals surface area (Å²) in [6, 6.07) is 7.97. The minimum atomic E-state index is 0. The number of carbonyl (C=O) groups excluding carboxylic acids is 1. The molecule has 0 saturated carbocycles. The lowest BCUT2D eigenvalue weighted by atomic mass is 10.0. The van der Waals surface area contributed by atoms with Crippen LogP contribution >= 0.6 is 12.4 Å². The zero-order valence-corrected chi connectivity index (χ0v) is 14.9. The Bertz CT molecular complexity index is 452. The summed E-state index contributed by atoms with van der Waals surface area (Å²) in [6.45, 7) is 4.92. The van der Waals surface area contributed by atoms with Crippen molar-refractivity contribution in [2.75, 3.05) is 20.7 Å². The molecule has 4 nitrogen and oxygen atoms in total. The molecule has 5 heteroatoms. The van der Waals surface area contributed by atoms with E-state index in [9.17, 15) is 4.79 Å². The number of rotatable bonds is 8. The van der Waals surface area contributed by atoms with Gasteiger partial charge in [-0.1, -0.05) is 32.0 Å². The fourth-order valence-corrected chi connectivity index (χ4v) is 2.14. The molecule has 0 bridgehead atoms. The molecule has 0 aliphatic heterocycles. The molecule has 22 heavy (non-hydrogen) atoms. The fourth-order valence-electron chi connectivity index (χ4n) is 2.14. The third-order valence-electron chi connectivity index (χ3n) is 3.88. The second-order valence-corrected chi connectivity index (χ2v) is 5.82. The van der Waals surface area contributed by atoms with Crippen LogP contribution in [0.3, 0.4) is 0 Å². The van der Waals surface area contributed by atoms with Crippen molar-refractivity contribution in [1.82, 2.24) is 4.90 Å². The summed E-state index contributed by atoms with van der Waals surface area (Å²) in [7, 11) is 3.50. The summed E-state index contributed by atoms with van der Waals surface area (Å²) >= 11 is 0. The van der Waals surface area contributed by atoms with Gasteiger partial charge in [0, 0.05) is 26.1 Å². The van der Waals surface area contributed by atoms with Crippen molar-refractivity contribution in [1.29, 1.82) is 0 Å². The van der Waals surface area contributed by atoms with E-state index in [0.29, 0.717) is 25.3 Å². The number of hydrogen-bond donors (Lipinski definition) is 1. The number of halogens is 1. The highest BCUT2D eigenvalue weighted by Gasteiger charge is 2.13. The molecule has 1 rings (SSSR count). The van der Waals surface area contributed by atoms with Crippen LogP contribution in [0.4, 0.5) is 0 Å². The summed E-state index contributed by atoms with van der Waals surface area (Å²) < 4.78 is 5.30. The van der Waals surface area contributed by atoms with E-state index in [1.165, 1.54) is 0 Å². The van der Waals surface area contributed by atoms with Gasteiger partial charge in [0.25, 0.3) is 0 Å². The number of amides is 1. The molecule has 1 amide bonds. The van der Waals surface area contributed by atoms with Crippen molar-refractivity contribution in [3.05, 3.63) is 29.8 Å². The average molecular weight is 329 g/mol. The Morgan fingerprint density at radius 2 is 1.95 bits per heavy atom. The zero-order valence-electron chi connectivity index (χ0n) is 14.0. The van der Waals surface area contributed by atoms with Gasteiger partial charge in [-0.25, -0.2) is 0 Å². The standard InChI is InChI=1S/C17H28N2O2.ClH/c1-13(2)15(18)11-12-19(3)17(20)10-9-14-7-5-6-8-16(14)21-4;/h5-8,13,15H,9-12,18H2,1-4H3;1H. The van der Waals surface area contributed by atoms with Gasteiger partial charge in [-0.05, 0) is 30.4 Å². The van der Waals surface area contributed by atoms with Crippen molar-refractivity contribution in [3.8, 4) is 5.75 Å². The van der Waals surface area contributed by atoms with Gasteiger partial charge in [-0.2, -0.15) is 0 Å². The van der Waals surface area contributed by atoms with Crippen molar-refractivity contribution < 1.29 is 9.53 Å². The molecule has 0 aliphatic carbocycles. The van der Waals surface area contributed by atoms with Gasteiger partial charge >= 0.3 is 0 Å². The second kappa shape index (κ2) is 10.5. The SMILES string of the molecule is COc1ccccc1CCC(=O)N(C)CCC(N)C(C)C.Cl. The second-order valence-electron chi connectivity index (χ2n) is 5.82. The molecule has 126 valence electrons. The molecular formula is C17H29ClN2O2. The van der Waals surface area contributed by atoms with E-state index in [2.05, 4.69) is 13.8 Å². The van der Waals surface area contributed by atoms with E-state index in [1.807, 2.05) is 31.3 Å². The first-order valence-corrected chi connectivity index (χ1v) is 7.57. The molecule has 1 atom stereocenters. The lowest BCUT2D eigenvalue weighted by Gasteiger charge is -2.21. The van der Waals surface area contributed by atoms with Crippen LogP contribution in [0.1, 0.15) is 32.3 Å². The molecule has 0 spiro atoms. The Hall–Kier alpha value is -1.26. The molecule has 0 radical (unpaired) electrons. The number of carbonyl (C=O) groups is 1. The molecule has 1 aromatic rings. The van der Waals surface area contributed by atoms with Crippen LogP contribution in [0, 0.1) is 5.92 Å². The third-order valence-corrected chi connectivity index (χ3v) is 3.88. The maximum Gasteiger partial charge on any atom is 0.222 e. The number of ether oxygens (including phenoxy) is 1. The van der Waals surface area contributed by atoms with Crippen molar-refractivity contribution in [2.45, 2.75) is 39.2 Å². The van der Waals surface area contributed by atoms with Crippen LogP contribution in [-0.4, -0.2) is 37.6 Å². The zero-order chi connectivity index (χ0) is 15.8. The molecule has 0 fully saturated rings. The fraction of sp³-hybridized carbons (Fsp3) is 0.588. The van der Waals surface area contributed by atoms with E-state index in [1.54, 1.807) is 12.0 Å². The number of aryl methyl sites for hydroxylation is 1. The quantitative estimate of drug-likeness (QED) is 0.798. The Kier molecular flexibility index (Phi) is 9.86. The molecule has 0 heterocycles. The Morgan fingerprint density at radius 3 is 2.55 bits per heavy atom. The van der Waals surface area contributed by atoms with E-state index in [4.69, 9.17) is 10.5 Å². The summed E-state index contributed by atoms with van der Waals surface area (Å²) in [5.74, 6) is 1.44. The lowest BCUT2D eigenvalue weighted by molar-refractivity contribution is -0.129. The normalized spacial score (nSPS) is 11.7. The van der Waals surface area contributed by atoms with Crippen molar-refractivity contribution in [3.63, 3.8) is 0 Å². The third kappa shape index (κ3) is 6.67. The maximum atomic E-state index is 12.1. The number of para-hydroxylation sites is 1. The molecule has 1 unspecified atom stereocenters. The van der Waals surface area contributed by atoms with Gasteiger partial charge in [0.2, 0.25) is 5.91 Å². The summed E-state index contributed by atoms with van der Waals surface area (Å²) in [6.07, 6.45) is 2.03. The van der Waals surface area contributed by atoms with Crippen LogP contribution in [0.2, 0.25) is 0 Å². The number of nitrogens with zero attached hydrogens (tertiary/aromatic N) is 1. The predicted molar refractivity (Wildman–Crippen MR) is 93.6 cm³/mol. The first-order chi connectivity index (χ1) is 9.95. The van der Waals surface area contributed by atoms with Crippen LogP contribution in [0.25, 0.3) is 0 Å². The highest BCUT2D eigenvalue weighted by atomic mass is 35.5. The minimum absolute atomic E-state index is 0. The van der Waals surface area contributed by atoms with Crippen LogP contribution < -0.4 is 10.5 Å². The smallest absolute Gasteiger partial charge is 0.222 e. The van der Waals surface area contributed by atoms with Crippen molar-refractivity contribution in [2.24, 2.45) is 11.7 Å². The van der Waals surface area contributed by atoms with Gasteiger partial charge in [0.1, 0.15) is 5.75 Å². The Morgan fingerprint density at radius 1 is 1.32 bits per heavy atom. The van der Waals surface area contributed by atoms with Gasteiger partial charge < -0.3 is 15.4 Å². The maximum absolute atomic E-state index is 12.1. The minimum Gasteiger partial charge on any atom is -0.496 e. The first kappa shape index (κ1) is 20.7. The molecule has 0 aliphatic rings. The van der Waals surface area contributed by atoms with Crippen LogP contribution in [-0.2, 0) is 11.2 Å². The predicted octanol–water partition coefficient (Wildman–Crippen LogP) is 2.88. The van der Waals surface area contributed by atoms with Gasteiger partial charge in [-0.15, -0.1) is 12.4 Å². The highest BCUT2D eigenvalue weighted by Crippen LogP contribution is 2.19. The summed E-state index contributed by atoms with van der Waals surface area (Å²) in [5, 5.41) is 0. The number of methoxy groups -OCH3 is 1. The monoisotopic (exact) mass is 328 g/mol. The number of hydrogen-bond acceptors (Lipinski definition) is 3. The highest BCUT2D eigenvalue weighted by molar-refractivity contribution is 5.85. The molecule has 2 N–H and O–H groups in total. The van der Waals surface area contributed by atoms with Crippen LogP contribution in [0.5, 0.6) is 5.75 Å². The molecule has 1 aromatic carbocycles. The molecule has 0 aromatic heterocycles. The lowest BCUT2D eigenvalue weighted by Crippen LogP contribution is -2.34. The van der Waals surface area contributed by atoms with E-state index >= 15 is 0 Å². The topological polar surface area (TPSA) is 55.6 Å². The molecule has 0 saturated heterocycles. The Labute approximate surface area is 140 Å². The first-order valence-electron chi connectivity index (χ1n) is 7.57. The molecular weight excluding hydrogens is 300 g/mol. The van der Waals surface area contributed by atoms with Gasteiger partial charge in [0.15, 0.2) is 0 Å². The van der Waals surface area contributed by atoms with Crippen molar-refractivity contribution >= 4 is 18.3 Å². The van der Waals surface area contributed by atoms with E-state index < -0.39 is 0 Å². The van der Waals surface area contributed by atoms with Gasteiger partial charge in [0.05, 0.1) is 7.11 Å². The summed E-state index contributed by atoms with van der Waals surface area (Å²) in [4.78, 5) is 13.9. The summed E-state index contributed by atoms with van der Waals surface area (Å²) in [5.41, 5.74) is 7.08. The average Bonchev–Trinajstić information content (AvgIpc) is 2.49. The van der Waals surface area contributed by atoms with E-state index in [0.717, 1.165) is 17.7 Å². The Balaban J connectivity index is 0.00000441. The van der Waals surface area contributed by atoms with Crippen LogP contribution in [0.15, 0.2) is 24.3 Å². The number of nitrogens with two attached hydrogens (primary N) is 1. The van der Waals surface area contributed by atoms with Gasteiger partial charge in [-0.3, -0.25) is 4.79 Å².